The zero-order chi connectivity index (χ0) is 13.9. The first kappa shape index (κ1) is 13.5. The van der Waals surface area contributed by atoms with Crippen molar-refractivity contribution in [2.45, 2.75) is 17.0 Å². The van der Waals surface area contributed by atoms with Gasteiger partial charge in [0.15, 0.2) is 4.34 Å². The highest BCUT2D eigenvalue weighted by atomic mass is 35.5. The number of aromatic nitrogens is 4. The number of rotatable bonds is 4. The Morgan fingerprint density at radius 1 is 1.30 bits per heavy atom. The summed E-state index contributed by atoms with van der Waals surface area (Å²) >= 11 is 9.17. The molecule has 3 rings (SSSR count). The van der Waals surface area contributed by atoms with Crippen LogP contribution in [0.25, 0.3) is 11.4 Å². The Labute approximate surface area is 128 Å². The maximum Gasteiger partial charge on any atom is 0.237 e. The molecule has 1 aromatic carbocycles. The van der Waals surface area contributed by atoms with E-state index in [9.17, 15) is 0 Å². The lowest BCUT2D eigenvalue weighted by molar-refractivity contribution is 0.391. The number of aryl methyl sites for hydroxylation is 1. The molecular formula is C12H9ClN4OS2. The molecule has 2 heterocycles. The lowest BCUT2D eigenvalue weighted by atomic mass is 10.2. The van der Waals surface area contributed by atoms with Crippen molar-refractivity contribution in [3.63, 3.8) is 0 Å². The van der Waals surface area contributed by atoms with Crippen LogP contribution in [0.3, 0.4) is 0 Å². The summed E-state index contributed by atoms with van der Waals surface area (Å²) in [4.78, 5) is 4.34. The van der Waals surface area contributed by atoms with Gasteiger partial charge in [-0.3, -0.25) is 0 Å². The standard InChI is InChI=1S/C12H9ClN4OS2/c1-7-15-16-12(20-7)19-6-10-14-11(17-18-10)8-4-2-3-5-9(8)13/h2-5H,6H2,1H3. The van der Waals surface area contributed by atoms with Crippen molar-refractivity contribution >= 4 is 34.7 Å². The fourth-order valence-electron chi connectivity index (χ4n) is 1.53. The van der Waals surface area contributed by atoms with Crippen LogP contribution in [0.4, 0.5) is 0 Å². The average molecular weight is 325 g/mol. The molecule has 0 spiro atoms. The van der Waals surface area contributed by atoms with Crippen LogP contribution in [0.2, 0.25) is 5.02 Å². The van der Waals surface area contributed by atoms with Crippen LogP contribution in [0, 0.1) is 6.92 Å². The van der Waals surface area contributed by atoms with Crippen LogP contribution < -0.4 is 0 Å². The summed E-state index contributed by atoms with van der Waals surface area (Å²) < 4.78 is 6.11. The Morgan fingerprint density at radius 2 is 2.15 bits per heavy atom. The van der Waals surface area contributed by atoms with E-state index in [-0.39, 0.29) is 0 Å². The summed E-state index contributed by atoms with van der Waals surface area (Å²) in [5.74, 6) is 1.60. The smallest absolute Gasteiger partial charge is 0.237 e. The van der Waals surface area contributed by atoms with Crippen LogP contribution in [0.5, 0.6) is 0 Å². The Bertz CT molecular complexity index is 728. The average Bonchev–Trinajstić information content (AvgIpc) is 3.06. The molecule has 0 atom stereocenters. The number of hydrogen-bond donors (Lipinski definition) is 0. The van der Waals surface area contributed by atoms with Gasteiger partial charge in [-0.05, 0) is 19.1 Å². The van der Waals surface area contributed by atoms with Crippen LogP contribution in [0.1, 0.15) is 10.9 Å². The summed E-state index contributed by atoms with van der Waals surface area (Å²) in [6.07, 6.45) is 0. The van der Waals surface area contributed by atoms with E-state index in [0.717, 1.165) is 14.9 Å². The van der Waals surface area contributed by atoms with Crippen LogP contribution in [-0.4, -0.2) is 20.3 Å². The van der Waals surface area contributed by atoms with E-state index in [2.05, 4.69) is 20.3 Å². The van der Waals surface area contributed by atoms with E-state index in [1.807, 2.05) is 25.1 Å². The summed E-state index contributed by atoms with van der Waals surface area (Å²) in [6.45, 7) is 1.92. The molecule has 0 aliphatic rings. The van der Waals surface area contributed by atoms with Crippen molar-refractivity contribution in [2.75, 3.05) is 0 Å². The first-order valence-corrected chi connectivity index (χ1v) is 7.91. The number of thioether (sulfide) groups is 1. The zero-order valence-corrected chi connectivity index (χ0v) is 12.8. The largest absolute Gasteiger partial charge is 0.338 e. The fraction of sp³-hybridized carbons (Fsp3) is 0.167. The van der Waals surface area contributed by atoms with Crippen LogP contribution in [0.15, 0.2) is 33.1 Å². The van der Waals surface area contributed by atoms with Gasteiger partial charge < -0.3 is 4.52 Å². The van der Waals surface area contributed by atoms with Crippen molar-refractivity contribution in [1.82, 2.24) is 20.3 Å². The van der Waals surface area contributed by atoms with Crippen molar-refractivity contribution in [3.8, 4) is 11.4 Å². The van der Waals surface area contributed by atoms with Gasteiger partial charge in [0.2, 0.25) is 11.7 Å². The molecule has 3 aromatic rings. The van der Waals surface area contributed by atoms with Gasteiger partial charge in [-0.15, -0.1) is 10.2 Å². The summed E-state index contributed by atoms with van der Waals surface area (Å²) in [6, 6.07) is 7.40. The third kappa shape index (κ3) is 3.00. The molecule has 20 heavy (non-hydrogen) atoms. The maximum atomic E-state index is 6.10. The molecule has 2 aromatic heterocycles. The van der Waals surface area contributed by atoms with Gasteiger partial charge in [0.05, 0.1) is 10.8 Å². The second kappa shape index (κ2) is 5.90. The van der Waals surface area contributed by atoms with E-state index in [4.69, 9.17) is 16.1 Å². The molecule has 0 N–H and O–H groups in total. The fourth-order valence-corrected chi connectivity index (χ4v) is 3.40. The summed E-state index contributed by atoms with van der Waals surface area (Å²) in [7, 11) is 0. The van der Waals surface area contributed by atoms with E-state index in [1.54, 1.807) is 17.4 Å². The van der Waals surface area contributed by atoms with E-state index in [1.165, 1.54) is 11.8 Å². The highest BCUT2D eigenvalue weighted by Gasteiger charge is 2.12. The zero-order valence-electron chi connectivity index (χ0n) is 10.4. The summed E-state index contributed by atoms with van der Waals surface area (Å²) in [5, 5.41) is 13.5. The van der Waals surface area contributed by atoms with E-state index in [0.29, 0.717) is 22.5 Å². The Hall–Kier alpha value is -1.44. The van der Waals surface area contributed by atoms with Crippen LogP contribution >= 0.6 is 34.7 Å². The molecule has 0 aliphatic carbocycles. The second-order valence-electron chi connectivity index (χ2n) is 3.87. The second-order valence-corrected chi connectivity index (χ2v) is 6.68. The molecule has 0 saturated carbocycles. The van der Waals surface area contributed by atoms with Crippen molar-refractivity contribution in [3.05, 3.63) is 40.2 Å². The first-order valence-electron chi connectivity index (χ1n) is 5.73. The molecule has 0 amide bonds. The SMILES string of the molecule is Cc1nnc(SCc2nc(-c3ccccc3Cl)no2)s1. The lowest BCUT2D eigenvalue weighted by Gasteiger charge is -1.95. The van der Waals surface area contributed by atoms with E-state index >= 15 is 0 Å². The molecule has 0 unspecified atom stereocenters. The predicted molar refractivity (Wildman–Crippen MR) is 79.0 cm³/mol. The van der Waals surface area contributed by atoms with Gasteiger partial charge in [0, 0.05) is 5.56 Å². The molecule has 5 nitrogen and oxygen atoms in total. The third-order valence-electron chi connectivity index (χ3n) is 2.41. The molecule has 8 heteroatoms. The topological polar surface area (TPSA) is 64.7 Å². The lowest BCUT2D eigenvalue weighted by Crippen LogP contribution is -1.83. The molecule has 0 saturated heterocycles. The highest BCUT2D eigenvalue weighted by molar-refractivity contribution is 8.00. The first-order chi connectivity index (χ1) is 9.72. The summed E-state index contributed by atoms with van der Waals surface area (Å²) in [5.41, 5.74) is 0.765. The molecule has 0 radical (unpaired) electrons. The number of halogens is 1. The maximum absolute atomic E-state index is 6.10. The Balaban J connectivity index is 1.72. The van der Waals surface area contributed by atoms with Gasteiger partial charge in [-0.25, -0.2) is 0 Å². The number of benzene rings is 1. The Kier molecular flexibility index (Phi) is 4.00. The normalized spacial score (nSPS) is 10.9. The minimum absolute atomic E-state index is 0.500. The minimum Gasteiger partial charge on any atom is -0.338 e. The Morgan fingerprint density at radius 3 is 2.90 bits per heavy atom. The van der Waals surface area contributed by atoms with Crippen molar-refractivity contribution in [2.24, 2.45) is 0 Å². The molecule has 0 bridgehead atoms. The third-order valence-corrected chi connectivity index (χ3v) is 4.70. The highest BCUT2D eigenvalue weighted by Crippen LogP contribution is 2.28. The molecule has 102 valence electrons. The van der Waals surface area contributed by atoms with Gasteiger partial charge >= 0.3 is 0 Å². The van der Waals surface area contributed by atoms with Gasteiger partial charge in [-0.2, -0.15) is 4.98 Å². The monoisotopic (exact) mass is 324 g/mol. The van der Waals surface area contributed by atoms with Crippen molar-refractivity contribution < 1.29 is 4.52 Å². The predicted octanol–water partition coefficient (Wildman–Crippen LogP) is 3.84. The molecular weight excluding hydrogens is 316 g/mol. The number of hydrogen-bond acceptors (Lipinski definition) is 7. The van der Waals surface area contributed by atoms with E-state index < -0.39 is 0 Å². The quantitative estimate of drug-likeness (QED) is 0.679. The minimum atomic E-state index is 0.500. The molecule has 0 fully saturated rings. The van der Waals surface area contributed by atoms with Gasteiger partial charge in [0.1, 0.15) is 5.01 Å². The van der Waals surface area contributed by atoms with Crippen LogP contribution in [-0.2, 0) is 5.75 Å². The van der Waals surface area contributed by atoms with Crippen molar-refractivity contribution in [1.29, 1.82) is 0 Å². The van der Waals surface area contributed by atoms with Gasteiger partial charge in [-0.1, -0.05) is 52.0 Å². The molecule has 0 aliphatic heterocycles. The van der Waals surface area contributed by atoms with Gasteiger partial charge in [0.25, 0.3) is 0 Å². The number of nitrogens with zero attached hydrogens (tertiary/aromatic N) is 4.